The maximum Gasteiger partial charge on any atom is 0.341 e. The van der Waals surface area contributed by atoms with Crippen molar-refractivity contribution in [1.82, 2.24) is 9.78 Å². The Morgan fingerprint density at radius 1 is 1.30 bits per heavy atom. The molecule has 0 bridgehead atoms. The number of hydrogen-bond acceptors (Lipinski definition) is 3. The molecular formula is C14H11ClN2O3. The van der Waals surface area contributed by atoms with Crippen LogP contribution in [0, 0.1) is 0 Å². The molecule has 5 nitrogen and oxygen atoms in total. The zero-order valence-electron chi connectivity index (χ0n) is 10.4. The topological polar surface area (TPSA) is 72.2 Å². The van der Waals surface area contributed by atoms with Crippen LogP contribution in [0.4, 0.5) is 0 Å². The largest absolute Gasteiger partial charge is 0.477 e. The van der Waals surface area contributed by atoms with E-state index in [4.69, 9.17) is 16.7 Å². The van der Waals surface area contributed by atoms with Crippen LogP contribution in [0.3, 0.4) is 0 Å². The Kier molecular flexibility index (Phi) is 3.06. The molecule has 2 aromatic rings. The fourth-order valence-corrected chi connectivity index (χ4v) is 2.13. The van der Waals surface area contributed by atoms with Crippen LogP contribution in [0.1, 0.15) is 34.8 Å². The van der Waals surface area contributed by atoms with Crippen molar-refractivity contribution < 1.29 is 9.90 Å². The van der Waals surface area contributed by atoms with Gasteiger partial charge in [0.25, 0.3) is 5.56 Å². The van der Waals surface area contributed by atoms with Crippen LogP contribution in [0.5, 0.6) is 0 Å². The third-order valence-electron chi connectivity index (χ3n) is 3.23. The molecule has 0 saturated heterocycles. The van der Waals surface area contributed by atoms with Gasteiger partial charge in [0.2, 0.25) is 0 Å². The van der Waals surface area contributed by atoms with Gasteiger partial charge in [-0.15, -0.1) is 0 Å². The molecule has 0 unspecified atom stereocenters. The van der Waals surface area contributed by atoms with Gasteiger partial charge in [-0.1, -0.05) is 11.6 Å². The van der Waals surface area contributed by atoms with E-state index in [0.717, 1.165) is 17.5 Å². The highest BCUT2D eigenvalue weighted by atomic mass is 35.5. The Bertz CT molecular complexity index is 733. The average molecular weight is 291 g/mol. The van der Waals surface area contributed by atoms with Crippen molar-refractivity contribution in [2.75, 3.05) is 0 Å². The summed E-state index contributed by atoms with van der Waals surface area (Å²) >= 11 is 5.81. The van der Waals surface area contributed by atoms with Gasteiger partial charge >= 0.3 is 5.97 Å². The van der Waals surface area contributed by atoms with Crippen molar-refractivity contribution in [3.8, 4) is 5.69 Å². The zero-order chi connectivity index (χ0) is 14.3. The molecule has 0 aliphatic heterocycles. The number of halogens is 1. The highest BCUT2D eigenvalue weighted by Crippen LogP contribution is 2.38. The lowest BCUT2D eigenvalue weighted by atomic mass is 10.2. The third kappa shape index (κ3) is 2.32. The number of benzene rings is 1. The Balaban J connectivity index is 2.20. The van der Waals surface area contributed by atoms with E-state index >= 15 is 0 Å². The molecule has 0 atom stereocenters. The summed E-state index contributed by atoms with van der Waals surface area (Å²) in [6.07, 6.45) is 1.95. The van der Waals surface area contributed by atoms with Gasteiger partial charge in [0, 0.05) is 10.9 Å². The molecule has 102 valence electrons. The second-order valence-corrected chi connectivity index (χ2v) is 5.19. The van der Waals surface area contributed by atoms with Crippen LogP contribution in [-0.2, 0) is 0 Å². The number of hydrogen-bond donors (Lipinski definition) is 1. The number of carboxylic acid groups (broad SMARTS) is 1. The van der Waals surface area contributed by atoms with E-state index in [2.05, 4.69) is 5.10 Å². The highest BCUT2D eigenvalue weighted by Gasteiger charge is 2.28. The Labute approximate surface area is 119 Å². The number of rotatable bonds is 3. The summed E-state index contributed by atoms with van der Waals surface area (Å²) in [6, 6.07) is 7.93. The monoisotopic (exact) mass is 290 g/mol. The van der Waals surface area contributed by atoms with E-state index in [1.165, 1.54) is 6.07 Å². The second kappa shape index (κ2) is 4.76. The summed E-state index contributed by atoms with van der Waals surface area (Å²) in [4.78, 5) is 23.4. The molecule has 1 fully saturated rings. The van der Waals surface area contributed by atoms with Crippen LogP contribution in [0.15, 0.2) is 35.1 Å². The van der Waals surface area contributed by atoms with Gasteiger partial charge in [0.15, 0.2) is 0 Å². The first-order valence-electron chi connectivity index (χ1n) is 6.20. The molecule has 1 heterocycles. The molecule has 1 saturated carbocycles. The van der Waals surface area contributed by atoms with E-state index < -0.39 is 11.5 Å². The van der Waals surface area contributed by atoms with Gasteiger partial charge in [-0.3, -0.25) is 4.79 Å². The number of carbonyl (C=O) groups is 1. The van der Waals surface area contributed by atoms with Crippen LogP contribution in [-0.4, -0.2) is 20.9 Å². The van der Waals surface area contributed by atoms with Crippen molar-refractivity contribution in [3.05, 3.63) is 57.0 Å². The quantitative estimate of drug-likeness (QED) is 0.942. The van der Waals surface area contributed by atoms with Gasteiger partial charge in [-0.2, -0.15) is 9.78 Å². The third-order valence-corrected chi connectivity index (χ3v) is 3.48. The first-order chi connectivity index (χ1) is 9.56. The summed E-state index contributed by atoms with van der Waals surface area (Å²) in [5, 5.41) is 14.0. The average Bonchev–Trinajstić information content (AvgIpc) is 3.24. The van der Waals surface area contributed by atoms with Gasteiger partial charge < -0.3 is 5.11 Å². The minimum absolute atomic E-state index is 0.253. The lowest BCUT2D eigenvalue weighted by Gasteiger charge is -2.08. The predicted molar refractivity (Wildman–Crippen MR) is 73.8 cm³/mol. The summed E-state index contributed by atoms with van der Waals surface area (Å²) in [5.41, 5.74) is 0.266. The molecule has 1 aromatic carbocycles. The maximum absolute atomic E-state index is 12.2. The summed E-state index contributed by atoms with van der Waals surface area (Å²) in [6.45, 7) is 0. The number of aromatic carboxylic acids is 1. The SMILES string of the molecule is O=C(O)c1cc(C2CC2)nn(-c2ccc(Cl)cc2)c1=O. The van der Waals surface area contributed by atoms with Gasteiger partial charge in [-0.05, 0) is 43.2 Å². The smallest absolute Gasteiger partial charge is 0.341 e. The molecular weight excluding hydrogens is 280 g/mol. The van der Waals surface area contributed by atoms with E-state index in [1.807, 2.05) is 0 Å². The number of carboxylic acids is 1. The maximum atomic E-state index is 12.2. The van der Waals surface area contributed by atoms with Crippen molar-refractivity contribution in [3.63, 3.8) is 0 Å². The summed E-state index contributed by atoms with van der Waals surface area (Å²) in [5.74, 6) is -0.978. The van der Waals surface area contributed by atoms with Gasteiger partial charge in [0.05, 0.1) is 11.4 Å². The molecule has 1 N–H and O–H groups in total. The fraction of sp³-hybridized carbons (Fsp3) is 0.214. The lowest BCUT2D eigenvalue weighted by Crippen LogP contribution is -2.28. The molecule has 6 heteroatoms. The predicted octanol–water partition coefficient (Wildman–Crippen LogP) is 2.46. The first-order valence-corrected chi connectivity index (χ1v) is 6.57. The molecule has 3 rings (SSSR count). The molecule has 1 aromatic heterocycles. The first kappa shape index (κ1) is 12.9. The second-order valence-electron chi connectivity index (χ2n) is 4.76. The number of aromatic nitrogens is 2. The Hall–Kier alpha value is -2.14. The molecule has 1 aliphatic carbocycles. The zero-order valence-corrected chi connectivity index (χ0v) is 11.2. The molecule has 20 heavy (non-hydrogen) atoms. The summed E-state index contributed by atoms with van der Waals surface area (Å²) in [7, 11) is 0. The van der Waals surface area contributed by atoms with Crippen molar-refractivity contribution >= 4 is 17.6 Å². The minimum atomic E-state index is -1.23. The number of nitrogens with zero attached hydrogens (tertiary/aromatic N) is 2. The normalized spacial score (nSPS) is 14.2. The van der Waals surface area contributed by atoms with Crippen LogP contribution in [0.2, 0.25) is 5.02 Å². The summed E-state index contributed by atoms with van der Waals surface area (Å²) < 4.78 is 1.13. The molecule has 0 amide bonds. The van der Waals surface area contributed by atoms with Crippen molar-refractivity contribution in [2.24, 2.45) is 0 Å². The minimum Gasteiger partial charge on any atom is -0.477 e. The van der Waals surface area contributed by atoms with E-state index in [-0.39, 0.29) is 11.5 Å². The van der Waals surface area contributed by atoms with Crippen molar-refractivity contribution in [2.45, 2.75) is 18.8 Å². The Morgan fingerprint density at radius 3 is 2.50 bits per heavy atom. The van der Waals surface area contributed by atoms with E-state index in [9.17, 15) is 9.59 Å². The molecule has 0 radical (unpaired) electrons. The molecule has 1 aliphatic rings. The fourth-order valence-electron chi connectivity index (χ4n) is 2.00. The van der Waals surface area contributed by atoms with Crippen LogP contribution in [0.25, 0.3) is 5.69 Å². The van der Waals surface area contributed by atoms with E-state index in [0.29, 0.717) is 16.4 Å². The van der Waals surface area contributed by atoms with E-state index in [1.54, 1.807) is 24.3 Å². The van der Waals surface area contributed by atoms with Gasteiger partial charge in [-0.25, -0.2) is 4.79 Å². The highest BCUT2D eigenvalue weighted by molar-refractivity contribution is 6.30. The van der Waals surface area contributed by atoms with Crippen LogP contribution < -0.4 is 5.56 Å². The standard InChI is InChI=1S/C14H11ClN2O3/c15-9-3-5-10(6-4-9)17-13(18)11(14(19)20)7-12(16-17)8-1-2-8/h3-8H,1-2H2,(H,19,20). The molecule has 0 spiro atoms. The van der Waals surface area contributed by atoms with Crippen LogP contribution >= 0.6 is 11.6 Å². The van der Waals surface area contributed by atoms with Gasteiger partial charge in [0.1, 0.15) is 5.56 Å². The lowest BCUT2D eigenvalue weighted by molar-refractivity contribution is 0.0694. The Morgan fingerprint density at radius 2 is 1.95 bits per heavy atom. The van der Waals surface area contributed by atoms with Crippen molar-refractivity contribution in [1.29, 1.82) is 0 Å².